The molecule has 2 aromatic rings. The first-order valence-electron chi connectivity index (χ1n) is 10.5. The number of pyridine rings is 1. The number of nitrogens with zero attached hydrogens (tertiary/aromatic N) is 2. The molecule has 6 nitrogen and oxygen atoms in total. The van der Waals surface area contributed by atoms with E-state index in [4.69, 9.17) is 9.47 Å². The fourth-order valence-corrected chi connectivity index (χ4v) is 4.26. The second-order valence-corrected chi connectivity index (χ2v) is 7.81. The molecular weight excluding hydrogens is 402 g/mol. The number of ether oxygens (including phenoxy) is 2. The van der Waals surface area contributed by atoms with Gasteiger partial charge in [-0.05, 0) is 74.7 Å². The molecule has 2 unspecified atom stereocenters. The minimum absolute atomic E-state index is 0. The second kappa shape index (κ2) is 10.6. The molecular formula is C23H30ClN3O3. The van der Waals surface area contributed by atoms with Gasteiger partial charge in [0.1, 0.15) is 18.1 Å². The van der Waals surface area contributed by atoms with Crippen LogP contribution in [0.15, 0.2) is 42.6 Å². The Labute approximate surface area is 184 Å². The van der Waals surface area contributed by atoms with Crippen molar-refractivity contribution in [1.82, 2.24) is 15.2 Å². The Morgan fingerprint density at radius 1 is 1.27 bits per heavy atom. The van der Waals surface area contributed by atoms with Crippen LogP contribution >= 0.6 is 12.4 Å². The molecule has 1 saturated heterocycles. The van der Waals surface area contributed by atoms with E-state index in [1.807, 2.05) is 36.4 Å². The van der Waals surface area contributed by atoms with Gasteiger partial charge in [-0.3, -0.25) is 9.78 Å². The highest BCUT2D eigenvalue weighted by Crippen LogP contribution is 2.32. The number of methoxy groups -OCH3 is 1. The average molecular weight is 432 g/mol. The molecule has 7 heteroatoms. The van der Waals surface area contributed by atoms with Gasteiger partial charge >= 0.3 is 0 Å². The van der Waals surface area contributed by atoms with Crippen molar-refractivity contribution in [3.63, 3.8) is 0 Å². The molecule has 4 rings (SSSR count). The smallest absolute Gasteiger partial charge is 0.230 e. The highest BCUT2D eigenvalue weighted by molar-refractivity contribution is 5.85. The molecule has 1 amide bonds. The molecule has 1 aromatic heterocycles. The van der Waals surface area contributed by atoms with E-state index in [0.29, 0.717) is 19.6 Å². The van der Waals surface area contributed by atoms with Crippen molar-refractivity contribution >= 4 is 18.3 Å². The summed E-state index contributed by atoms with van der Waals surface area (Å²) in [5, 5.41) is 3.45. The number of amides is 1. The quantitative estimate of drug-likeness (QED) is 0.787. The van der Waals surface area contributed by atoms with Crippen LogP contribution in [0.4, 0.5) is 0 Å². The lowest BCUT2D eigenvalue weighted by Gasteiger charge is -2.35. The van der Waals surface area contributed by atoms with Gasteiger partial charge in [0, 0.05) is 12.2 Å². The number of nitrogens with one attached hydrogen (secondary N) is 1. The second-order valence-electron chi connectivity index (χ2n) is 7.81. The van der Waals surface area contributed by atoms with Crippen LogP contribution in [0, 0.1) is 5.92 Å². The zero-order chi connectivity index (χ0) is 20.1. The number of hydrogen-bond donors (Lipinski definition) is 1. The average Bonchev–Trinajstić information content (AvgIpc) is 3.06. The Balaban J connectivity index is 0.00000256. The summed E-state index contributed by atoms with van der Waals surface area (Å²) in [6.45, 7) is 2.92. The first-order valence-corrected chi connectivity index (χ1v) is 10.5. The van der Waals surface area contributed by atoms with Gasteiger partial charge in [0.25, 0.3) is 0 Å². The molecule has 2 atom stereocenters. The molecule has 2 aliphatic heterocycles. The molecule has 2 aliphatic rings. The zero-order valence-electron chi connectivity index (χ0n) is 17.4. The number of fused-ring (bicyclic) bond motifs is 1. The van der Waals surface area contributed by atoms with Crippen LogP contribution in [-0.2, 0) is 17.8 Å². The maximum atomic E-state index is 13.6. The van der Waals surface area contributed by atoms with E-state index in [1.165, 1.54) is 0 Å². The highest BCUT2D eigenvalue weighted by Gasteiger charge is 2.33. The van der Waals surface area contributed by atoms with Crippen molar-refractivity contribution in [3.8, 4) is 11.5 Å². The molecule has 1 fully saturated rings. The molecule has 1 N–H and O–H groups in total. The maximum Gasteiger partial charge on any atom is 0.230 e. The monoisotopic (exact) mass is 431 g/mol. The van der Waals surface area contributed by atoms with Crippen molar-refractivity contribution in [2.45, 2.75) is 38.3 Å². The largest absolute Gasteiger partial charge is 0.497 e. The maximum absolute atomic E-state index is 13.6. The standard InChI is InChI=1S/C23H29N3O3.ClH/c1-28-21-7-8-22-17(14-21)13-18(16-29-22)23(27)26(15-19-5-2-3-11-25-19)20-6-4-10-24-12-9-20;/h2-3,5,7-8,11,14,18,20,24H,4,6,9-10,12-13,15-16H2,1H3;1H. The molecule has 0 aliphatic carbocycles. The van der Waals surface area contributed by atoms with Gasteiger partial charge in [-0.2, -0.15) is 0 Å². The van der Waals surface area contributed by atoms with Crippen LogP contribution in [0.2, 0.25) is 0 Å². The molecule has 162 valence electrons. The number of carbonyl (C=O) groups is 1. The van der Waals surface area contributed by atoms with E-state index in [2.05, 4.69) is 15.2 Å². The number of hydrogen-bond acceptors (Lipinski definition) is 5. The molecule has 0 bridgehead atoms. The van der Waals surface area contributed by atoms with Crippen molar-refractivity contribution < 1.29 is 14.3 Å². The Morgan fingerprint density at radius 2 is 2.17 bits per heavy atom. The Morgan fingerprint density at radius 3 is 2.97 bits per heavy atom. The Hall–Kier alpha value is -2.31. The fraction of sp³-hybridized carbons (Fsp3) is 0.478. The van der Waals surface area contributed by atoms with E-state index in [-0.39, 0.29) is 30.3 Å². The van der Waals surface area contributed by atoms with Crippen molar-refractivity contribution in [1.29, 1.82) is 0 Å². The highest BCUT2D eigenvalue weighted by atomic mass is 35.5. The van der Waals surface area contributed by atoms with Gasteiger partial charge in [-0.1, -0.05) is 6.07 Å². The molecule has 1 aromatic carbocycles. The lowest BCUT2D eigenvalue weighted by atomic mass is 9.94. The summed E-state index contributed by atoms with van der Waals surface area (Å²) in [7, 11) is 1.66. The van der Waals surface area contributed by atoms with Crippen molar-refractivity contribution in [2.75, 3.05) is 26.8 Å². The number of aromatic nitrogens is 1. The molecule has 3 heterocycles. The number of rotatable bonds is 5. The molecule has 0 radical (unpaired) electrons. The van der Waals surface area contributed by atoms with Crippen LogP contribution in [0.25, 0.3) is 0 Å². The summed E-state index contributed by atoms with van der Waals surface area (Å²) in [6, 6.07) is 11.9. The van der Waals surface area contributed by atoms with Crippen LogP contribution in [0.1, 0.15) is 30.5 Å². The van der Waals surface area contributed by atoms with E-state index >= 15 is 0 Å². The summed E-state index contributed by atoms with van der Waals surface area (Å²) in [5.74, 6) is 1.62. The van der Waals surface area contributed by atoms with Crippen LogP contribution in [-0.4, -0.2) is 48.6 Å². The van der Waals surface area contributed by atoms with E-state index < -0.39 is 0 Å². The third-order valence-corrected chi connectivity index (χ3v) is 5.85. The summed E-state index contributed by atoms with van der Waals surface area (Å²) in [5.41, 5.74) is 1.96. The molecule has 0 spiro atoms. The predicted octanol–water partition coefficient (Wildman–Crippen LogP) is 3.23. The van der Waals surface area contributed by atoms with Crippen molar-refractivity contribution in [3.05, 3.63) is 53.9 Å². The van der Waals surface area contributed by atoms with Gasteiger partial charge in [0.2, 0.25) is 5.91 Å². The van der Waals surface area contributed by atoms with E-state index in [0.717, 1.165) is 55.1 Å². The van der Waals surface area contributed by atoms with Crippen LogP contribution in [0.5, 0.6) is 11.5 Å². The lowest BCUT2D eigenvalue weighted by Crippen LogP contribution is -2.46. The first-order chi connectivity index (χ1) is 14.2. The number of benzene rings is 1. The third-order valence-electron chi connectivity index (χ3n) is 5.85. The van der Waals surface area contributed by atoms with Crippen LogP contribution in [0.3, 0.4) is 0 Å². The minimum Gasteiger partial charge on any atom is -0.497 e. The topological polar surface area (TPSA) is 63.7 Å². The predicted molar refractivity (Wildman–Crippen MR) is 118 cm³/mol. The van der Waals surface area contributed by atoms with Gasteiger partial charge in [0.15, 0.2) is 0 Å². The summed E-state index contributed by atoms with van der Waals surface area (Å²) >= 11 is 0. The SMILES string of the molecule is COc1ccc2c(c1)CC(C(=O)N(Cc1ccccn1)C1CCCNCC1)CO2.Cl. The summed E-state index contributed by atoms with van der Waals surface area (Å²) < 4.78 is 11.3. The fourth-order valence-electron chi connectivity index (χ4n) is 4.26. The third kappa shape index (κ3) is 5.24. The number of carbonyl (C=O) groups excluding carboxylic acids is 1. The normalized spacial score (nSPS) is 20.7. The van der Waals surface area contributed by atoms with Crippen LogP contribution < -0.4 is 14.8 Å². The summed E-state index contributed by atoms with van der Waals surface area (Å²) in [4.78, 5) is 20.2. The van der Waals surface area contributed by atoms with E-state index in [9.17, 15) is 4.79 Å². The zero-order valence-corrected chi connectivity index (χ0v) is 18.2. The molecule has 30 heavy (non-hydrogen) atoms. The lowest BCUT2D eigenvalue weighted by molar-refractivity contribution is -0.140. The van der Waals surface area contributed by atoms with E-state index in [1.54, 1.807) is 13.3 Å². The Kier molecular flexibility index (Phi) is 7.94. The summed E-state index contributed by atoms with van der Waals surface area (Å²) in [6.07, 6.45) is 5.53. The van der Waals surface area contributed by atoms with Gasteiger partial charge in [0.05, 0.1) is 25.3 Å². The number of halogens is 1. The van der Waals surface area contributed by atoms with Gasteiger partial charge in [-0.15, -0.1) is 12.4 Å². The minimum atomic E-state index is -0.186. The first kappa shape index (κ1) is 22.4. The Bertz CT molecular complexity index is 826. The molecule has 0 saturated carbocycles. The van der Waals surface area contributed by atoms with Gasteiger partial charge in [-0.25, -0.2) is 0 Å². The van der Waals surface area contributed by atoms with Crippen molar-refractivity contribution in [2.24, 2.45) is 5.92 Å². The van der Waals surface area contributed by atoms with Gasteiger partial charge < -0.3 is 19.7 Å².